The molecule has 3 N–H and O–H groups in total. The maximum atomic E-state index is 12.4. The Morgan fingerprint density at radius 1 is 1.12 bits per heavy atom. The summed E-state index contributed by atoms with van der Waals surface area (Å²) >= 11 is 5.11. The van der Waals surface area contributed by atoms with Crippen molar-refractivity contribution < 1.29 is 19.1 Å². The summed E-state index contributed by atoms with van der Waals surface area (Å²) in [7, 11) is 0. The van der Waals surface area contributed by atoms with Gasteiger partial charge in [0.15, 0.2) is 5.11 Å². The predicted molar refractivity (Wildman–Crippen MR) is 104 cm³/mol. The van der Waals surface area contributed by atoms with E-state index in [1.807, 2.05) is 20.8 Å². The van der Waals surface area contributed by atoms with Gasteiger partial charge in [0.2, 0.25) is 5.91 Å². The van der Waals surface area contributed by atoms with E-state index in [1.165, 1.54) is 0 Å². The smallest absolute Gasteiger partial charge is 0.306 e. The number of carbonyl (C=O) groups excluding carboxylic acids is 3. The molecule has 0 aromatic heterocycles. The first-order valence-electron chi connectivity index (χ1n) is 8.30. The van der Waals surface area contributed by atoms with Gasteiger partial charge in [0.1, 0.15) is 0 Å². The Bertz CT molecular complexity index is 683. The number of rotatable bonds is 6. The van der Waals surface area contributed by atoms with Crippen LogP contribution in [0.15, 0.2) is 24.3 Å². The Morgan fingerprint density at radius 3 is 2.38 bits per heavy atom. The van der Waals surface area contributed by atoms with Crippen molar-refractivity contribution >= 4 is 40.8 Å². The summed E-state index contributed by atoms with van der Waals surface area (Å²) in [6.45, 7) is 7.62. The van der Waals surface area contributed by atoms with Gasteiger partial charge in [-0.05, 0) is 52.0 Å². The molecule has 0 fully saturated rings. The zero-order chi connectivity index (χ0) is 19.7. The van der Waals surface area contributed by atoms with E-state index in [2.05, 4.69) is 16.0 Å². The van der Waals surface area contributed by atoms with Crippen molar-refractivity contribution in [1.82, 2.24) is 10.6 Å². The number of ether oxygens (including phenoxy) is 1. The number of para-hydroxylation sites is 1. The molecule has 142 valence electrons. The molecule has 1 rings (SSSR count). The third-order valence-electron chi connectivity index (χ3n) is 3.02. The summed E-state index contributed by atoms with van der Waals surface area (Å²) in [5, 5.41) is 8.25. The van der Waals surface area contributed by atoms with Crippen molar-refractivity contribution in [3.8, 4) is 0 Å². The third kappa shape index (κ3) is 8.06. The second-order valence-electron chi connectivity index (χ2n) is 6.56. The van der Waals surface area contributed by atoms with Gasteiger partial charge < -0.3 is 20.7 Å². The first-order valence-corrected chi connectivity index (χ1v) is 8.71. The fourth-order valence-corrected chi connectivity index (χ4v) is 2.21. The molecule has 1 aromatic carbocycles. The molecular formula is C18H25N3O4S. The number of benzene rings is 1. The minimum Gasteiger partial charge on any atom is -0.466 e. The van der Waals surface area contributed by atoms with Gasteiger partial charge in [0, 0.05) is 12.0 Å². The van der Waals surface area contributed by atoms with E-state index in [4.69, 9.17) is 17.0 Å². The van der Waals surface area contributed by atoms with Crippen molar-refractivity contribution in [3.05, 3.63) is 29.8 Å². The van der Waals surface area contributed by atoms with Crippen LogP contribution < -0.4 is 16.0 Å². The van der Waals surface area contributed by atoms with Gasteiger partial charge >= 0.3 is 5.97 Å². The highest BCUT2D eigenvalue weighted by Crippen LogP contribution is 2.16. The largest absolute Gasteiger partial charge is 0.466 e. The minimum atomic E-state index is -0.439. The highest BCUT2D eigenvalue weighted by Gasteiger charge is 2.18. The molecule has 0 saturated carbocycles. The Labute approximate surface area is 158 Å². The van der Waals surface area contributed by atoms with Crippen LogP contribution in [-0.4, -0.2) is 35.0 Å². The molecule has 0 unspecified atom stereocenters. The lowest BCUT2D eigenvalue weighted by molar-refractivity contribution is -0.144. The normalized spacial score (nSPS) is 10.6. The number of thiocarbonyl (C=S) groups is 1. The topological polar surface area (TPSA) is 96.5 Å². The highest BCUT2D eigenvalue weighted by atomic mass is 32.1. The van der Waals surface area contributed by atoms with Crippen molar-refractivity contribution in [2.75, 3.05) is 11.9 Å². The zero-order valence-corrected chi connectivity index (χ0v) is 16.3. The van der Waals surface area contributed by atoms with Gasteiger partial charge in [0.25, 0.3) is 5.91 Å². The van der Waals surface area contributed by atoms with E-state index in [0.29, 0.717) is 11.3 Å². The number of amides is 2. The van der Waals surface area contributed by atoms with Crippen LogP contribution in [0.4, 0.5) is 5.69 Å². The molecule has 0 aliphatic carbocycles. The van der Waals surface area contributed by atoms with E-state index >= 15 is 0 Å². The number of hydrogen-bond acceptors (Lipinski definition) is 5. The standard InChI is InChI=1S/C18H25N3O4S/c1-5-25-15(23)11-10-14(22)20-17(26)19-13-9-7-6-8-12(13)16(24)21-18(2,3)4/h6-9H,5,10-11H2,1-4H3,(H,21,24)(H2,19,20,22,26). The van der Waals surface area contributed by atoms with Crippen molar-refractivity contribution in [1.29, 1.82) is 0 Å². The molecule has 0 radical (unpaired) electrons. The summed E-state index contributed by atoms with van der Waals surface area (Å²) in [6, 6.07) is 6.84. The molecule has 0 aliphatic heterocycles. The summed E-state index contributed by atoms with van der Waals surface area (Å²) in [4.78, 5) is 35.5. The molecule has 8 heteroatoms. The lowest BCUT2D eigenvalue weighted by Gasteiger charge is -2.21. The molecule has 1 aromatic rings. The van der Waals surface area contributed by atoms with Crippen LogP contribution in [0, 0.1) is 0 Å². The number of esters is 1. The summed E-state index contributed by atoms with van der Waals surface area (Å²) in [5.74, 6) is -1.10. The summed E-state index contributed by atoms with van der Waals surface area (Å²) < 4.78 is 4.76. The lowest BCUT2D eigenvalue weighted by Crippen LogP contribution is -2.41. The fraction of sp³-hybridized carbons (Fsp3) is 0.444. The van der Waals surface area contributed by atoms with E-state index in [1.54, 1.807) is 31.2 Å². The molecule has 0 bridgehead atoms. The molecule has 2 amide bonds. The number of anilines is 1. The zero-order valence-electron chi connectivity index (χ0n) is 15.5. The monoisotopic (exact) mass is 379 g/mol. The molecule has 0 heterocycles. The Hall–Kier alpha value is -2.48. The summed E-state index contributed by atoms with van der Waals surface area (Å²) in [5.41, 5.74) is 0.502. The highest BCUT2D eigenvalue weighted by molar-refractivity contribution is 7.80. The van der Waals surface area contributed by atoms with Gasteiger partial charge in [0.05, 0.1) is 24.3 Å². The van der Waals surface area contributed by atoms with Crippen LogP contribution in [0.25, 0.3) is 0 Å². The quantitative estimate of drug-likeness (QED) is 0.519. The molecule has 0 aliphatic rings. The molecule has 26 heavy (non-hydrogen) atoms. The van der Waals surface area contributed by atoms with E-state index < -0.39 is 11.9 Å². The average molecular weight is 379 g/mol. The Balaban J connectivity index is 2.66. The lowest BCUT2D eigenvalue weighted by atomic mass is 10.1. The van der Waals surface area contributed by atoms with E-state index in [0.717, 1.165) is 0 Å². The fourth-order valence-electron chi connectivity index (χ4n) is 1.99. The maximum absolute atomic E-state index is 12.4. The molecular weight excluding hydrogens is 354 g/mol. The summed E-state index contributed by atoms with van der Waals surface area (Å²) in [6.07, 6.45) is -0.0559. The first kappa shape index (κ1) is 21.6. The van der Waals surface area contributed by atoms with Gasteiger partial charge in [-0.15, -0.1) is 0 Å². The van der Waals surface area contributed by atoms with Gasteiger partial charge in [-0.3, -0.25) is 14.4 Å². The predicted octanol–water partition coefficient (Wildman–Crippen LogP) is 2.37. The van der Waals surface area contributed by atoms with Crippen LogP contribution in [0.5, 0.6) is 0 Å². The van der Waals surface area contributed by atoms with Crippen LogP contribution >= 0.6 is 12.2 Å². The number of hydrogen-bond donors (Lipinski definition) is 3. The van der Waals surface area contributed by atoms with Gasteiger partial charge in [-0.25, -0.2) is 0 Å². The van der Waals surface area contributed by atoms with E-state index in [9.17, 15) is 14.4 Å². The van der Waals surface area contributed by atoms with Crippen molar-refractivity contribution in [2.24, 2.45) is 0 Å². The van der Waals surface area contributed by atoms with Crippen molar-refractivity contribution in [3.63, 3.8) is 0 Å². The van der Waals surface area contributed by atoms with Crippen molar-refractivity contribution in [2.45, 2.75) is 46.1 Å². The number of nitrogens with one attached hydrogen (secondary N) is 3. The van der Waals surface area contributed by atoms with E-state index in [-0.39, 0.29) is 36.0 Å². The Morgan fingerprint density at radius 2 is 1.77 bits per heavy atom. The van der Waals surface area contributed by atoms with Gasteiger partial charge in [-0.2, -0.15) is 0 Å². The molecule has 0 saturated heterocycles. The SMILES string of the molecule is CCOC(=O)CCC(=O)NC(=S)Nc1ccccc1C(=O)NC(C)(C)C. The molecule has 0 atom stereocenters. The van der Waals surface area contributed by atoms with Crippen LogP contribution in [0.3, 0.4) is 0 Å². The molecule has 7 nitrogen and oxygen atoms in total. The minimum absolute atomic E-state index is 0.0210. The maximum Gasteiger partial charge on any atom is 0.306 e. The third-order valence-corrected chi connectivity index (χ3v) is 3.23. The van der Waals surface area contributed by atoms with Crippen LogP contribution in [0.1, 0.15) is 50.9 Å². The number of carbonyl (C=O) groups is 3. The second kappa shape index (κ2) is 9.86. The van der Waals surface area contributed by atoms with Gasteiger partial charge in [-0.1, -0.05) is 12.1 Å². The Kier molecular flexibility index (Phi) is 8.18. The first-order chi connectivity index (χ1) is 12.1. The van der Waals surface area contributed by atoms with Crippen LogP contribution in [-0.2, 0) is 14.3 Å². The average Bonchev–Trinajstić information content (AvgIpc) is 2.52. The second-order valence-corrected chi connectivity index (χ2v) is 6.97. The molecule has 0 spiro atoms. The van der Waals surface area contributed by atoms with Crippen LogP contribution in [0.2, 0.25) is 0 Å².